The van der Waals surface area contributed by atoms with Crippen LogP contribution in [0, 0.1) is 0 Å². The van der Waals surface area contributed by atoms with Crippen molar-refractivity contribution in [1.29, 1.82) is 0 Å². The average molecular weight is 229 g/mol. The van der Waals surface area contributed by atoms with Crippen molar-refractivity contribution >= 4 is 11.8 Å². The van der Waals surface area contributed by atoms with E-state index in [0.717, 1.165) is 18.8 Å². The molecule has 0 bridgehead atoms. The van der Waals surface area contributed by atoms with Crippen LogP contribution in [0.25, 0.3) is 0 Å². The lowest BCUT2D eigenvalue weighted by Gasteiger charge is -2.02. The van der Waals surface area contributed by atoms with Crippen molar-refractivity contribution in [3.63, 3.8) is 0 Å². The summed E-state index contributed by atoms with van der Waals surface area (Å²) in [6, 6.07) is 0. The summed E-state index contributed by atoms with van der Waals surface area (Å²) >= 11 is 1.91. The van der Waals surface area contributed by atoms with Crippen LogP contribution in [0.15, 0.2) is 0 Å². The maximum atomic E-state index is 5.50. The second-order valence-corrected chi connectivity index (χ2v) is 4.41. The molecule has 15 heavy (non-hydrogen) atoms. The zero-order valence-electron chi connectivity index (χ0n) is 9.22. The molecule has 0 radical (unpaired) electrons. The smallest absolute Gasteiger partial charge is 0.164 e. The van der Waals surface area contributed by atoms with Gasteiger partial charge in [-0.25, -0.2) is 4.68 Å². The first kappa shape index (κ1) is 12.4. The Morgan fingerprint density at radius 1 is 1.27 bits per heavy atom. The molecular weight excluding hydrogens is 210 g/mol. The van der Waals surface area contributed by atoms with Gasteiger partial charge in [-0.15, -0.1) is 5.10 Å². The van der Waals surface area contributed by atoms with Crippen LogP contribution in [-0.2, 0) is 13.1 Å². The Labute approximate surface area is 94.8 Å². The van der Waals surface area contributed by atoms with Crippen LogP contribution >= 0.6 is 11.8 Å². The molecule has 2 N–H and O–H groups in total. The van der Waals surface area contributed by atoms with E-state index in [-0.39, 0.29) is 0 Å². The summed E-state index contributed by atoms with van der Waals surface area (Å²) in [7, 11) is 0. The van der Waals surface area contributed by atoms with Crippen LogP contribution in [0.1, 0.15) is 31.5 Å². The highest BCUT2D eigenvalue weighted by molar-refractivity contribution is 7.98. The summed E-state index contributed by atoms with van der Waals surface area (Å²) in [5, 5.41) is 11.3. The Balaban J connectivity index is 2.09. The lowest BCUT2D eigenvalue weighted by Crippen LogP contribution is -2.10. The van der Waals surface area contributed by atoms with E-state index in [1.54, 1.807) is 4.68 Å². The second kappa shape index (κ2) is 7.64. The van der Waals surface area contributed by atoms with Crippen molar-refractivity contribution in [1.82, 2.24) is 20.2 Å². The molecule has 0 saturated heterocycles. The third-order valence-electron chi connectivity index (χ3n) is 2.26. The second-order valence-electron chi connectivity index (χ2n) is 3.43. The maximum absolute atomic E-state index is 5.50. The molecule has 0 atom stereocenters. The number of hydrogen-bond acceptors (Lipinski definition) is 5. The minimum Gasteiger partial charge on any atom is -0.324 e. The highest BCUT2D eigenvalue weighted by atomic mass is 32.2. The molecule has 0 unspecified atom stereocenters. The predicted molar refractivity (Wildman–Crippen MR) is 62.6 cm³/mol. The van der Waals surface area contributed by atoms with Gasteiger partial charge in [0.15, 0.2) is 5.82 Å². The van der Waals surface area contributed by atoms with E-state index < -0.39 is 0 Å². The molecule has 6 heteroatoms. The zero-order chi connectivity index (χ0) is 10.9. The van der Waals surface area contributed by atoms with Crippen molar-refractivity contribution in [3.8, 4) is 0 Å². The normalized spacial score (nSPS) is 10.8. The van der Waals surface area contributed by atoms with E-state index in [4.69, 9.17) is 5.73 Å². The van der Waals surface area contributed by atoms with E-state index >= 15 is 0 Å². The molecule has 0 amide bonds. The fourth-order valence-electron chi connectivity index (χ4n) is 1.40. The van der Waals surface area contributed by atoms with Gasteiger partial charge < -0.3 is 5.73 Å². The lowest BCUT2D eigenvalue weighted by molar-refractivity contribution is 0.512. The van der Waals surface area contributed by atoms with Crippen LogP contribution in [0.2, 0.25) is 0 Å². The van der Waals surface area contributed by atoms with Crippen molar-refractivity contribution in [2.45, 2.75) is 38.8 Å². The molecule has 1 heterocycles. The zero-order valence-corrected chi connectivity index (χ0v) is 10.0. The van der Waals surface area contributed by atoms with Crippen LogP contribution in [0.4, 0.5) is 0 Å². The molecule has 1 aromatic rings. The summed E-state index contributed by atoms with van der Waals surface area (Å²) in [6.07, 6.45) is 7.12. The molecule has 5 nitrogen and oxygen atoms in total. The number of rotatable bonds is 8. The van der Waals surface area contributed by atoms with Crippen molar-refractivity contribution in [2.24, 2.45) is 5.73 Å². The number of hydrogen-bond donors (Lipinski definition) is 1. The van der Waals surface area contributed by atoms with Crippen LogP contribution < -0.4 is 5.73 Å². The third-order valence-corrected chi connectivity index (χ3v) is 2.95. The molecule has 0 aromatic carbocycles. The Morgan fingerprint density at radius 3 is 2.80 bits per heavy atom. The average Bonchev–Trinajstić information content (AvgIpc) is 2.70. The Hall–Kier alpha value is -0.620. The van der Waals surface area contributed by atoms with Crippen LogP contribution in [0.3, 0.4) is 0 Å². The van der Waals surface area contributed by atoms with Crippen molar-refractivity contribution < 1.29 is 0 Å². The molecule has 0 aliphatic rings. The van der Waals surface area contributed by atoms with Crippen molar-refractivity contribution in [3.05, 3.63) is 5.82 Å². The summed E-state index contributed by atoms with van der Waals surface area (Å²) in [5.41, 5.74) is 5.50. The number of tetrazole rings is 1. The monoisotopic (exact) mass is 229 g/mol. The van der Waals surface area contributed by atoms with E-state index in [1.165, 1.54) is 25.0 Å². The molecule has 0 aliphatic carbocycles. The van der Waals surface area contributed by atoms with Gasteiger partial charge in [-0.2, -0.15) is 11.8 Å². The highest BCUT2D eigenvalue weighted by Gasteiger charge is 2.02. The Morgan fingerprint density at radius 2 is 2.07 bits per heavy atom. The van der Waals surface area contributed by atoms with Gasteiger partial charge in [-0.3, -0.25) is 0 Å². The Kier molecular flexibility index (Phi) is 6.34. The minimum absolute atomic E-state index is 0.416. The summed E-state index contributed by atoms with van der Waals surface area (Å²) in [5.74, 6) is 2.04. The van der Waals surface area contributed by atoms with Crippen molar-refractivity contribution in [2.75, 3.05) is 12.0 Å². The first-order chi connectivity index (χ1) is 7.38. The third kappa shape index (κ3) is 4.61. The van der Waals surface area contributed by atoms with Gasteiger partial charge in [0.05, 0.1) is 6.54 Å². The highest BCUT2D eigenvalue weighted by Crippen LogP contribution is 2.05. The van der Waals surface area contributed by atoms with Gasteiger partial charge in [-0.05, 0) is 35.3 Å². The van der Waals surface area contributed by atoms with E-state index in [9.17, 15) is 0 Å². The maximum Gasteiger partial charge on any atom is 0.164 e. The number of unbranched alkanes of at least 4 members (excludes halogenated alkanes) is 3. The molecule has 1 rings (SSSR count). The first-order valence-corrected chi connectivity index (χ1v) is 6.72. The molecule has 0 aliphatic heterocycles. The summed E-state index contributed by atoms with van der Waals surface area (Å²) in [4.78, 5) is 0. The molecule has 0 fully saturated rings. The number of nitrogens with two attached hydrogens (primary N) is 1. The number of thioether (sulfide) groups is 1. The number of aromatic nitrogens is 4. The fourth-order valence-corrected chi connectivity index (χ4v) is 1.90. The summed E-state index contributed by atoms with van der Waals surface area (Å²) < 4.78 is 1.80. The summed E-state index contributed by atoms with van der Waals surface area (Å²) in [6.45, 7) is 1.30. The SMILES string of the molecule is CSCCCCCCn1nnnc1CN. The molecule has 86 valence electrons. The predicted octanol–water partition coefficient (Wildman–Crippen LogP) is 1.06. The van der Waals surface area contributed by atoms with E-state index in [1.807, 2.05) is 11.8 Å². The molecule has 0 spiro atoms. The standard InChI is InChI=1S/C9H19N5S/c1-15-7-5-3-2-4-6-14-9(8-10)11-12-13-14/h2-8,10H2,1H3. The fraction of sp³-hybridized carbons (Fsp3) is 0.889. The molecule has 0 saturated carbocycles. The van der Waals surface area contributed by atoms with Gasteiger partial charge in [0.1, 0.15) is 0 Å². The van der Waals surface area contributed by atoms with Gasteiger partial charge in [-0.1, -0.05) is 12.8 Å². The largest absolute Gasteiger partial charge is 0.324 e. The quantitative estimate of drug-likeness (QED) is 0.675. The number of aryl methyl sites for hydroxylation is 1. The Bertz CT molecular complexity index is 263. The van der Waals surface area contributed by atoms with Gasteiger partial charge in [0, 0.05) is 6.54 Å². The number of nitrogens with zero attached hydrogens (tertiary/aromatic N) is 4. The molecule has 1 aromatic heterocycles. The lowest BCUT2D eigenvalue weighted by atomic mass is 10.2. The topological polar surface area (TPSA) is 69.6 Å². The van der Waals surface area contributed by atoms with Crippen LogP contribution in [-0.4, -0.2) is 32.2 Å². The first-order valence-electron chi connectivity index (χ1n) is 5.32. The van der Waals surface area contributed by atoms with Crippen LogP contribution in [0.5, 0.6) is 0 Å². The van der Waals surface area contributed by atoms with Gasteiger partial charge in [0.25, 0.3) is 0 Å². The molecular formula is C9H19N5S. The van der Waals surface area contributed by atoms with E-state index in [2.05, 4.69) is 21.8 Å². The minimum atomic E-state index is 0.416. The van der Waals surface area contributed by atoms with E-state index in [0.29, 0.717) is 6.54 Å². The van der Waals surface area contributed by atoms with Gasteiger partial charge in [0.2, 0.25) is 0 Å². The van der Waals surface area contributed by atoms with Gasteiger partial charge >= 0.3 is 0 Å².